The molecule has 0 aliphatic heterocycles. The molecule has 0 fully saturated rings. The Labute approximate surface area is 133 Å². The van der Waals surface area contributed by atoms with Gasteiger partial charge in [-0.2, -0.15) is 0 Å². The Morgan fingerprint density at radius 3 is 1.91 bits per heavy atom. The van der Waals surface area contributed by atoms with Crippen LogP contribution in [0.3, 0.4) is 0 Å². The van der Waals surface area contributed by atoms with Crippen molar-refractivity contribution in [1.82, 2.24) is 10.2 Å². The Kier molecular flexibility index (Phi) is 6.39. The fourth-order valence-electron chi connectivity index (χ4n) is 2.35. The molecule has 3 nitrogen and oxygen atoms in total. The summed E-state index contributed by atoms with van der Waals surface area (Å²) in [6.45, 7) is 6.10. The number of likely N-dealkylation sites (N-methyl/N-ethyl adjacent to an activating group) is 1. The van der Waals surface area contributed by atoms with Gasteiger partial charge in [0.2, 0.25) is 0 Å². The molecule has 1 N–H and O–H groups in total. The minimum atomic E-state index is 0.714. The molecule has 0 unspecified atom stereocenters. The Balaban J connectivity index is 2.22. The highest BCUT2D eigenvalue weighted by molar-refractivity contribution is 5.84. The SMILES string of the molecule is C=C/N=C(\CNC)N(Cc1ccccc1)Cc1ccccc1. The number of hydrogen-bond donors (Lipinski definition) is 1. The van der Waals surface area contributed by atoms with Gasteiger partial charge >= 0.3 is 0 Å². The van der Waals surface area contributed by atoms with Crippen molar-refractivity contribution in [3.8, 4) is 0 Å². The van der Waals surface area contributed by atoms with E-state index in [2.05, 4.69) is 70.3 Å². The maximum Gasteiger partial charge on any atom is 0.119 e. The average molecular weight is 293 g/mol. The first-order chi connectivity index (χ1) is 10.8. The highest BCUT2D eigenvalue weighted by atomic mass is 15.2. The first kappa shape index (κ1) is 16.0. The second-order valence-electron chi connectivity index (χ2n) is 5.09. The van der Waals surface area contributed by atoms with E-state index in [-0.39, 0.29) is 0 Å². The molecule has 2 rings (SSSR count). The molecule has 0 bridgehead atoms. The fourth-order valence-corrected chi connectivity index (χ4v) is 2.35. The van der Waals surface area contributed by atoms with Gasteiger partial charge in [0.25, 0.3) is 0 Å². The normalized spacial score (nSPS) is 11.2. The van der Waals surface area contributed by atoms with Crippen molar-refractivity contribution in [2.24, 2.45) is 4.99 Å². The molecule has 0 spiro atoms. The van der Waals surface area contributed by atoms with Crippen LogP contribution in [0.25, 0.3) is 0 Å². The van der Waals surface area contributed by atoms with Crippen molar-refractivity contribution in [3.63, 3.8) is 0 Å². The van der Waals surface area contributed by atoms with Gasteiger partial charge in [-0.05, 0) is 18.2 Å². The minimum absolute atomic E-state index is 0.714. The van der Waals surface area contributed by atoms with Gasteiger partial charge in [0, 0.05) is 19.3 Å². The maximum absolute atomic E-state index is 4.45. The maximum atomic E-state index is 4.45. The molecule has 2 aromatic carbocycles. The van der Waals surface area contributed by atoms with Gasteiger partial charge in [-0.3, -0.25) is 0 Å². The first-order valence-corrected chi connectivity index (χ1v) is 7.48. The van der Waals surface area contributed by atoms with E-state index in [9.17, 15) is 0 Å². The van der Waals surface area contributed by atoms with Crippen LogP contribution in [0.2, 0.25) is 0 Å². The summed E-state index contributed by atoms with van der Waals surface area (Å²) < 4.78 is 0. The van der Waals surface area contributed by atoms with Gasteiger partial charge in [-0.25, -0.2) is 4.99 Å². The monoisotopic (exact) mass is 293 g/mol. The third-order valence-corrected chi connectivity index (χ3v) is 3.37. The van der Waals surface area contributed by atoms with Crippen LogP contribution in [0.1, 0.15) is 11.1 Å². The largest absolute Gasteiger partial charge is 0.350 e. The van der Waals surface area contributed by atoms with Gasteiger partial charge in [0.1, 0.15) is 5.84 Å². The zero-order chi connectivity index (χ0) is 15.6. The average Bonchev–Trinajstić information content (AvgIpc) is 2.56. The predicted octanol–water partition coefficient (Wildman–Crippen LogP) is 3.45. The molecule has 114 valence electrons. The lowest BCUT2D eigenvalue weighted by Crippen LogP contribution is -2.36. The van der Waals surface area contributed by atoms with E-state index in [0.717, 1.165) is 18.9 Å². The van der Waals surface area contributed by atoms with Crippen LogP contribution < -0.4 is 5.32 Å². The van der Waals surface area contributed by atoms with E-state index in [1.165, 1.54) is 11.1 Å². The van der Waals surface area contributed by atoms with Crippen molar-refractivity contribution in [2.45, 2.75) is 13.1 Å². The minimum Gasteiger partial charge on any atom is -0.350 e. The summed E-state index contributed by atoms with van der Waals surface area (Å²) >= 11 is 0. The molecule has 2 aromatic rings. The molecule has 0 saturated carbocycles. The second kappa shape index (κ2) is 8.80. The second-order valence-corrected chi connectivity index (χ2v) is 5.09. The number of amidine groups is 1. The lowest BCUT2D eigenvalue weighted by molar-refractivity contribution is 0.398. The van der Waals surface area contributed by atoms with Crippen molar-refractivity contribution in [3.05, 3.63) is 84.6 Å². The smallest absolute Gasteiger partial charge is 0.119 e. The predicted molar refractivity (Wildman–Crippen MR) is 93.7 cm³/mol. The molecular formula is C19H23N3. The third kappa shape index (κ3) is 4.86. The standard InChI is InChI=1S/C19H23N3/c1-3-21-19(14-20-2)22(15-17-10-6-4-7-11-17)16-18-12-8-5-9-13-18/h3-13,20H,1,14-16H2,2H3/b21-19+. The molecule has 3 heteroatoms. The zero-order valence-electron chi connectivity index (χ0n) is 13.1. The topological polar surface area (TPSA) is 27.6 Å². The van der Waals surface area contributed by atoms with Gasteiger partial charge in [0.05, 0.1) is 6.54 Å². The summed E-state index contributed by atoms with van der Waals surface area (Å²) in [7, 11) is 1.93. The number of rotatable bonds is 7. The summed E-state index contributed by atoms with van der Waals surface area (Å²) in [6.07, 6.45) is 1.61. The molecule has 22 heavy (non-hydrogen) atoms. The van der Waals surface area contributed by atoms with E-state index in [1.807, 2.05) is 19.2 Å². The van der Waals surface area contributed by atoms with Crippen molar-refractivity contribution < 1.29 is 0 Å². The van der Waals surface area contributed by atoms with Gasteiger partial charge in [-0.15, -0.1) is 0 Å². The highest BCUT2D eigenvalue weighted by Crippen LogP contribution is 2.11. The van der Waals surface area contributed by atoms with Crippen molar-refractivity contribution >= 4 is 5.84 Å². The van der Waals surface area contributed by atoms with E-state index in [4.69, 9.17) is 0 Å². The Morgan fingerprint density at radius 2 is 1.50 bits per heavy atom. The summed E-state index contributed by atoms with van der Waals surface area (Å²) in [4.78, 5) is 6.73. The Bertz CT molecular complexity index is 549. The Morgan fingerprint density at radius 1 is 1.00 bits per heavy atom. The van der Waals surface area contributed by atoms with Gasteiger partial charge < -0.3 is 10.2 Å². The van der Waals surface area contributed by atoms with Gasteiger partial charge in [-0.1, -0.05) is 67.2 Å². The highest BCUT2D eigenvalue weighted by Gasteiger charge is 2.11. The molecule has 0 aromatic heterocycles. The van der Waals surface area contributed by atoms with Crippen molar-refractivity contribution in [1.29, 1.82) is 0 Å². The molecule has 0 amide bonds. The molecule has 0 heterocycles. The van der Waals surface area contributed by atoms with Crippen LogP contribution in [-0.2, 0) is 13.1 Å². The molecule has 0 atom stereocenters. The van der Waals surface area contributed by atoms with Crippen LogP contribution in [-0.4, -0.2) is 24.3 Å². The van der Waals surface area contributed by atoms with Gasteiger partial charge in [0.15, 0.2) is 0 Å². The molecule has 0 radical (unpaired) electrons. The first-order valence-electron chi connectivity index (χ1n) is 7.48. The summed E-state index contributed by atoms with van der Waals surface area (Å²) in [6, 6.07) is 20.9. The Hall–Kier alpha value is -2.39. The summed E-state index contributed by atoms with van der Waals surface area (Å²) in [5.41, 5.74) is 2.54. The van der Waals surface area contributed by atoms with Crippen LogP contribution in [0.4, 0.5) is 0 Å². The van der Waals surface area contributed by atoms with E-state index in [0.29, 0.717) is 6.54 Å². The molecule has 0 aliphatic rings. The molecular weight excluding hydrogens is 270 g/mol. The number of hydrogen-bond acceptors (Lipinski definition) is 2. The van der Waals surface area contributed by atoms with Crippen LogP contribution in [0, 0.1) is 0 Å². The quantitative estimate of drug-likeness (QED) is 0.625. The number of benzene rings is 2. The number of aliphatic imine (C=N–C) groups is 1. The zero-order valence-corrected chi connectivity index (χ0v) is 13.1. The number of nitrogens with zero attached hydrogens (tertiary/aromatic N) is 2. The number of nitrogens with one attached hydrogen (secondary N) is 1. The summed E-state index contributed by atoms with van der Waals surface area (Å²) in [5, 5.41) is 3.18. The third-order valence-electron chi connectivity index (χ3n) is 3.37. The van der Waals surface area contributed by atoms with Crippen LogP contribution >= 0.6 is 0 Å². The van der Waals surface area contributed by atoms with E-state index < -0.39 is 0 Å². The summed E-state index contributed by atoms with van der Waals surface area (Å²) in [5.74, 6) is 0.991. The lowest BCUT2D eigenvalue weighted by atomic mass is 10.1. The molecule has 0 saturated heterocycles. The van der Waals surface area contributed by atoms with Crippen LogP contribution in [0.5, 0.6) is 0 Å². The van der Waals surface area contributed by atoms with E-state index in [1.54, 1.807) is 6.20 Å². The lowest BCUT2D eigenvalue weighted by Gasteiger charge is -2.26. The molecule has 0 aliphatic carbocycles. The fraction of sp³-hybridized carbons (Fsp3) is 0.211. The van der Waals surface area contributed by atoms with Crippen LogP contribution in [0.15, 0.2) is 78.4 Å². The van der Waals surface area contributed by atoms with Crippen molar-refractivity contribution in [2.75, 3.05) is 13.6 Å². The van der Waals surface area contributed by atoms with E-state index >= 15 is 0 Å².